The molecule has 0 spiro atoms. The third-order valence-electron chi connectivity index (χ3n) is 4.55. The van der Waals surface area contributed by atoms with E-state index in [-0.39, 0.29) is 5.91 Å². The van der Waals surface area contributed by atoms with Crippen molar-refractivity contribution < 1.29 is 4.79 Å². The van der Waals surface area contributed by atoms with E-state index >= 15 is 0 Å². The summed E-state index contributed by atoms with van der Waals surface area (Å²) in [5.74, 6) is -0.133. The zero-order valence-corrected chi connectivity index (χ0v) is 15.8. The lowest BCUT2D eigenvalue weighted by atomic mass is 10.1. The number of carbonyl (C=O) groups excluding carboxylic acids is 1. The van der Waals surface area contributed by atoms with Gasteiger partial charge in [0.25, 0.3) is 5.91 Å². The molecule has 0 saturated carbocycles. The highest BCUT2D eigenvalue weighted by Gasteiger charge is 2.08. The molecule has 5 nitrogen and oxygen atoms in total. The maximum Gasteiger partial charge on any atom is 0.255 e. The van der Waals surface area contributed by atoms with E-state index in [1.54, 1.807) is 6.20 Å². The van der Waals surface area contributed by atoms with E-state index in [2.05, 4.69) is 15.3 Å². The van der Waals surface area contributed by atoms with Gasteiger partial charge in [0.2, 0.25) is 0 Å². The van der Waals surface area contributed by atoms with E-state index in [4.69, 9.17) is 0 Å². The van der Waals surface area contributed by atoms with Crippen LogP contribution >= 0.6 is 0 Å². The van der Waals surface area contributed by atoms with Gasteiger partial charge in [-0.25, -0.2) is 9.97 Å². The number of pyridine rings is 2. The Kier molecular flexibility index (Phi) is 4.72. The zero-order valence-electron chi connectivity index (χ0n) is 15.8. The molecule has 1 N–H and O–H groups in total. The van der Waals surface area contributed by atoms with Gasteiger partial charge >= 0.3 is 0 Å². The van der Waals surface area contributed by atoms with Gasteiger partial charge in [0, 0.05) is 48.2 Å². The molecular weight excluding hydrogens is 348 g/mol. The molecule has 0 atom stereocenters. The van der Waals surface area contributed by atoms with Crippen molar-refractivity contribution in [3.63, 3.8) is 0 Å². The van der Waals surface area contributed by atoms with Crippen LogP contribution < -0.4 is 10.2 Å². The summed E-state index contributed by atoms with van der Waals surface area (Å²) in [6.07, 6.45) is 1.74. The average molecular weight is 368 g/mol. The van der Waals surface area contributed by atoms with Gasteiger partial charge < -0.3 is 10.2 Å². The molecule has 0 radical (unpaired) electrons. The van der Waals surface area contributed by atoms with Crippen molar-refractivity contribution in [2.45, 2.75) is 0 Å². The molecule has 0 bridgehead atoms. The molecular formula is C23H20N4O. The normalized spacial score (nSPS) is 10.6. The van der Waals surface area contributed by atoms with Crippen molar-refractivity contribution in [1.29, 1.82) is 0 Å². The number of nitrogens with zero attached hydrogens (tertiary/aromatic N) is 3. The molecule has 0 aliphatic heterocycles. The first kappa shape index (κ1) is 17.7. The molecule has 2 aromatic carbocycles. The van der Waals surface area contributed by atoms with E-state index in [0.29, 0.717) is 5.56 Å². The SMILES string of the molecule is CN(C)c1ccc(C(=O)Nc2ccc(-c3ccc4cccnc4n3)cc2)cc1. The van der Waals surface area contributed by atoms with Gasteiger partial charge in [0.05, 0.1) is 5.69 Å². The van der Waals surface area contributed by atoms with E-state index in [1.165, 1.54) is 0 Å². The molecule has 138 valence electrons. The number of hydrogen-bond donors (Lipinski definition) is 1. The fourth-order valence-electron chi connectivity index (χ4n) is 2.95. The molecule has 0 unspecified atom stereocenters. The molecule has 0 saturated heterocycles. The van der Waals surface area contributed by atoms with Crippen molar-refractivity contribution >= 4 is 28.3 Å². The third-order valence-corrected chi connectivity index (χ3v) is 4.55. The maximum atomic E-state index is 12.5. The minimum atomic E-state index is -0.133. The van der Waals surface area contributed by atoms with Gasteiger partial charge in [-0.1, -0.05) is 12.1 Å². The van der Waals surface area contributed by atoms with Crippen molar-refractivity contribution in [1.82, 2.24) is 9.97 Å². The summed E-state index contributed by atoms with van der Waals surface area (Å²) >= 11 is 0. The van der Waals surface area contributed by atoms with Crippen LogP contribution in [0.3, 0.4) is 0 Å². The van der Waals surface area contributed by atoms with E-state index < -0.39 is 0 Å². The highest BCUT2D eigenvalue weighted by Crippen LogP contribution is 2.22. The fraction of sp³-hybridized carbons (Fsp3) is 0.0870. The molecule has 5 heteroatoms. The van der Waals surface area contributed by atoms with Crippen LogP contribution in [0.5, 0.6) is 0 Å². The number of anilines is 2. The summed E-state index contributed by atoms with van der Waals surface area (Å²) in [4.78, 5) is 23.4. The predicted octanol–water partition coefficient (Wildman–Crippen LogP) is 4.62. The first-order valence-electron chi connectivity index (χ1n) is 9.01. The Morgan fingerprint density at radius 1 is 0.893 bits per heavy atom. The Balaban J connectivity index is 1.50. The molecule has 4 aromatic rings. The predicted molar refractivity (Wildman–Crippen MR) is 114 cm³/mol. The minimum Gasteiger partial charge on any atom is -0.378 e. The van der Waals surface area contributed by atoms with Crippen LogP contribution in [-0.4, -0.2) is 30.0 Å². The lowest BCUT2D eigenvalue weighted by molar-refractivity contribution is 0.102. The van der Waals surface area contributed by atoms with Crippen LogP contribution in [0.4, 0.5) is 11.4 Å². The van der Waals surface area contributed by atoms with Crippen LogP contribution in [0.1, 0.15) is 10.4 Å². The summed E-state index contributed by atoms with van der Waals surface area (Å²) < 4.78 is 0. The summed E-state index contributed by atoms with van der Waals surface area (Å²) in [5.41, 5.74) is 4.96. The lowest BCUT2D eigenvalue weighted by Gasteiger charge is -2.12. The van der Waals surface area contributed by atoms with Crippen molar-refractivity contribution in [2.75, 3.05) is 24.3 Å². The number of fused-ring (bicyclic) bond motifs is 1. The third kappa shape index (κ3) is 3.69. The number of nitrogens with one attached hydrogen (secondary N) is 1. The number of rotatable bonds is 4. The highest BCUT2D eigenvalue weighted by molar-refractivity contribution is 6.04. The quantitative estimate of drug-likeness (QED) is 0.571. The van der Waals surface area contributed by atoms with Gasteiger partial charge in [0.1, 0.15) is 0 Å². The number of benzene rings is 2. The molecule has 0 fully saturated rings. The Hall–Kier alpha value is -3.73. The molecule has 0 aliphatic rings. The minimum absolute atomic E-state index is 0.133. The topological polar surface area (TPSA) is 58.1 Å². The number of hydrogen-bond acceptors (Lipinski definition) is 4. The smallest absolute Gasteiger partial charge is 0.255 e. The maximum absolute atomic E-state index is 12.5. The average Bonchev–Trinajstić information content (AvgIpc) is 2.74. The molecule has 1 amide bonds. The highest BCUT2D eigenvalue weighted by atomic mass is 16.1. The first-order valence-corrected chi connectivity index (χ1v) is 9.01. The van der Waals surface area contributed by atoms with Gasteiger partial charge in [0.15, 0.2) is 5.65 Å². The second-order valence-corrected chi connectivity index (χ2v) is 6.72. The first-order chi connectivity index (χ1) is 13.6. The molecule has 28 heavy (non-hydrogen) atoms. The lowest BCUT2D eigenvalue weighted by Crippen LogP contribution is -2.13. The van der Waals surface area contributed by atoms with Crippen molar-refractivity contribution in [3.8, 4) is 11.3 Å². The monoisotopic (exact) mass is 368 g/mol. The van der Waals surface area contributed by atoms with Gasteiger partial charge in [-0.05, 0) is 60.7 Å². The van der Waals surface area contributed by atoms with Crippen molar-refractivity contribution in [2.24, 2.45) is 0 Å². The van der Waals surface area contributed by atoms with Crippen LogP contribution in [0, 0.1) is 0 Å². The van der Waals surface area contributed by atoms with Crippen LogP contribution in [0.15, 0.2) is 79.0 Å². The number of carbonyl (C=O) groups is 1. The number of aromatic nitrogens is 2. The van der Waals surface area contributed by atoms with E-state index in [1.807, 2.05) is 91.8 Å². The van der Waals surface area contributed by atoms with Crippen LogP contribution in [0.25, 0.3) is 22.3 Å². The zero-order chi connectivity index (χ0) is 19.5. The second-order valence-electron chi connectivity index (χ2n) is 6.72. The Morgan fingerprint density at radius 2 is 1.64 bits per heavy atom. The Morgan fingerprint density at radius 3 is 2.36 bits per heavy atom. The van der Waals surface area contributed by atoms with E-state index in [0.717, 1.165) is 33.7 Å². The van der Waals surface area contributed by atoms with Crippen LogP contribution in [0.2, 0.25) is 0 Å². The molecule has 4 rings (SSSR count). The van der Waals surface area contributed by atoms with Crippen molar-refractivity contribution in [3.05, 3.63) is 84.6 Å². The van der Waals surface area contributed by atoms with E-state index in [9.17, 15) is 4.79 Å². The van der Waals surface area contributed by atoms with Gasteiger partial charge in [-0.3, -0.25) is 4.79 Å². The van der Waals surface area contributed by atoms with Crippen LogP contribution in [-0.2, 0) is 0 Å². The Labute approximate surface area is 163 Å². The number of amides is 1. The van der Waals surface area contributed by atoms with Gasteiger partial charge in [-0.15, -0.1) is 0 Å². The molecule has 0 aliphatic carbocycles. The largest absolute Gasteiger partial charge is 0.378 e. The van der Waals surface area contributed by atoms with Gasteiger partial charge in [-0.2, -0.15) is 0 Å². The molecule has 2 aromatic heterocycles. The summed E-state index contributed by atoms with van der Waals surface area (Å²) in [7, 11) is 3.94. The fourth-order valence-corrected chi connectivity index (χ4v) is 2.95. The standard InChI is InChI=1S/C23H20N4O/c1-27(2)20-12-7-18(8-13-20)23(28)25-19-10-5-16(6-11-19)21-14-9-17-4-3-15-24-22(17)26-21/h3-15H,1-2H3,(H,25,28). The molecule has 2 heterocycles. The Bertz CT molecular complexity index is 1120. The second kappa shape index (κ2) is 7.48. The summed E-state index contributed by atoms with van der Waals surface area (Å²) in [6, 6.07) is 23.0. The summed E-state index contributed by atoms with van der Waals surface area (Å²) in [6.45, 7) is 0. The summed E-state index contributed by atoms with van der Waals surface area (Å²) in [5, 5.41) is 3.94.